The molecule has 0 atom stereocenters. The van der Waals surface area contributed by atoms with E-state index in [-0.39, 0.29) is 0 Å². The van der Waals surface area contributed by atoms with Crippen LogP contribution in [-0.2, 0) is 0 Å². The van der Waals surface area contributed by atoms with Crippen LogP contribution in [0.15, 0.2) is 42.5 Å². The van der Waals surface area contributed by atoms with E-state index in [1.165, 1.54) is 12.1 Å². The quantitative estimate of drug-likeness (QED) is 0.843. The number of nitrogens with zero attached hydrogens (tertiary/aromatic N) is 2. The van der Waals surface area contributed by atoms with Crippen molar-refractivity contribution in [2.75, 3.05) is 43.5 Å². The molecule has 0 unspecified atom stereocenters. The Morgan fingerprint density at radius 2 is 1.72 bits per heavy atom. The maximum atomic E-state index is 13.3. The predicted molar refractivity (Wildman–Crippen MR) is 99.4 cm³/mol. The fourth-order valence-corrected chi connectivity index (χ4v) is 3.10. The highest BCUT2D eigenvalue weighted by molar-refractivity contribution is 7.80. The normalized spacial score (nSPS) is 14.4. The van der Waals surface area contributed by atoms with Crippen LogP contribution in [0.1, 0.15) is 0 Å². The fourth-order valence-electron chi connectivity index (χ4n) is 2.80. The zero-order valence-corrected chi connectivity index (χ0v) is 14.7. The SMILES string of the molecule is COc1cccc(N2CCN(C(=S)Nc3cc(F)cc(F)c3)CC2)c1. The molecule has 3 rings (SSSR count). The third-order valence-electron chi connectivity index (χ3n) is 4.10. The molecule has 0 saturated carbocycles. The number of benzene rings is 2. The first-order chi connectivity index (χ1) is 12.0. The van der Waals surface area contributed by atoms with Gasteiger partial charge in [-0.1, -0.05) is 6.07 Å². The molecule has 0 aliphatic carbocycles. The van der Waals surface area contributed by atoms with E-state index in [9.17, 15) is 8.78 Å². The highest BCUT2D eigenvalue weighted by atomic mass is 32.1. The molecule has 132 valence electrons. The molecule has 1 saturated heterocycles. The van der Waals surface area contributed by atoms with Gasteiger partial charge in [0.25, 0.3) is 0 Å². The topological polar surface area (TPSA) is 27.7 Å². The summed E-state index contributed by atoms with van der Waals surface area (Å²) in [5.41, 5.74) is 1.42. The van der Waals surface area contributed by atoms with Gasteiger partial charge in [0.2, 0.25) is 0 Å². The number of ether oxygens (including phenoxy) is 1. The van der Waals surface area contributed by atoms with E-state index in [0.717, 1.165) is 43.7 Å². The van der Waals surface area contributed by atoms with Crippen molar-refractivity contribution >= 4 is 28.7 Å². The second-order valence-corrected chi connectivity index (χ2v) is 6.15. The molecule has 0 spiro atoms. The maximum absolute atomic E-state index is 13.3. The minimum atomic E-state index is -0.631. The van der Waals surface area contributed by atoms with Gasteiger partial charge in [0.1, 0.15) is 17.4 Å². The zero-order chi connectivity index (χ0) is 17.8. The molecule has 25 heavy (non-hydrogen) atoms. The molecule has 1 aliphatic rings. The molecule has 0 bridgehead atoms. The van der Waals surface area contributed by atoms with Crippen molar-refractivity contribution < 1.29 is 13.5 Å². The lowest BCUT2D eigenvalue weighted by atomic mass is 10.2. The van der Waals surface area contributed by atoms with Crippen LogP contribution in [0.25, 0.3) is 0 Å². The van der Waals surface area contributed by atoms with Crippen molar-refractivity contribution in [2.45, 2.75) is 0 Å². The van der Waals surface area contributed by atoms with Crippen molar-refractivity contribution in [2.24, 2.45) is 0 Å². The minimum Gasteiger partial charge on any atom is -0.497 e. The lowest BCUT2D eigenvalue weighted by molar-refractivity contribution is 0.389. The zero-order valence-electron chi connectivity index (χ0n) is 13.8. The van der Waals surface area contributed by atoms with Gasteiger partial charge < -0.3 is 19.9 Å². The van der Waals surface area contributed by atoms with Crippen molar-refractivity contribution in [3.8, 4) is 5.75 Å². The van der Waals surface area contributed by atoms with Gasteiger partial charge in [-0.15, -0.1) is 0 Å². The summed E-state index contributed by atoms with van der Waals surface area (Å²) in [6.45, 7) is 3.04. The highest BCUT2D eigenvalue weighted by Gasteiger charge is 2.19. The summed E-state index contributed by atoms with van der Waals surface area (Å²) in [5, 5.41) is 3.37. The summed E-state index contributed by atoms with van der Waals surface area (Å²) in [6.07, 6.45) is 0. The molecule has 1 heterocycles. The average molecular weight is 363 g/mol. The van der Waals surface area contributed by atoms with Crippen LogP contribution in [0.4, 0.5) is 20.2 Å². The monoisotopic (exact) mass is 363 g/mol. The van der Waals surface area contributed by atoms with Gasteiger partial charge in [-0.2, -0.15) is 0 Å². The smallest absolute Gasteiger partial charge is 0.173 e. The van der Waals surface area contributed by atoms with Crippen molar-refractivity contribution in [1.82, 2.24) is 4.90 Å². The van der Waals surface area contributed by atoms with E-state index >= 15 is 0 Å². The summed E-state index contributed by atoms with van der Waals surface area (Å²) >= 11 is 5.37. The second-order valence-electron chi connectivity index (χ2n) is 5.76. The van der Waals surface area contributed by atoms with E-state index in [1.54, 1.807) is 7.11 Å². The van der Waals surface area contributed by atoms with E-state index in [0.29, 0.717) is 10.8 Å². The van der Waals surface area contributed by atoms with Gasteiger partial charge in [0.15, 0.2) is 5.11 Å². The van der Waals surface area contributed by atoms with Crippen LogP contribution < -0.4 is 15.0 Å². The van der Waals surface area contributed by atoms with Crippen LogP contribution in [-0.4, -0.2) is 43.3 Å². The molecule has 1 fully saturated rings. The first kappa shape index (κ1) is 17.4. The number of anilines is 2. The summed E-state index contributed by atoms with van der Waals surface area (Å²) in [6, 6.07) is 11.2. The Bertz CT molecular complexity index is 743. The van der Waals surface area contributed by atoms with Crippen molar-refractivity contribution in [3.63, 3.8) is 0 Å². The first-order valence-electron chi connectivity index (χ1n) is 7.96. The molecule has 0 aromatic heterocycles. The highest BCUT2D eigenvalue weighted by Crippen LogP contribution is 2.22. The Labute approximate surface area is 151 Å². The van der Waals surface area contributed by atoms with Crippen LogP contribution >= 0.6 is 12.2 Å². The Kier molecular flexibility index (Phi) is 5.33. The minimum absolute atomic E-state index is 0.317. The average Bonchev–Trinajstić information content (AvgIpc) is 2.61. The van der Waals surface area contributed by atoms with E-state index in [2.05, 4.69) is 10.2 Å². The summed E-state index contributed by atoms with van der Waals surface area (Å²) in [5.74, 6) is -0.438. The van der Waals surface area contributed by atoms with Gasteiger partial charge in [0, 0.05) is 49.7 Å². The summed E-state index contributed by atoms with van der Waals surface area (Å²) < 4.78 is 31.8. The van der Waals surface area contributed by atoms with Crippen LogP contribution in [0.3, 0.4) is 0 Å². The standard InChI is InChI=1S/C18H19F2N3OS/c1-24-17-4-2-3-16(12-17)22-5-7-23(8-6-22)18(25)21-15-10-13(19)9-14(20)11-15/h2-4,9-12H,5-8H2,1H3,(H,21,25). The number of piperazine rings is 1. The number of thiocarbonyl (C=S) groups is 1. The van der Waals surface area contributed by atoms with E-state index in [4.69, 9.17) is 17.0 Å². The van der Waals surface area contributed by atoms with Gasteiger partial charge in [-0.25, -0.2) is 8.78 Å². The van der Waals surface area contributed by atoms with Crippen LogP contribution in [0.2, 0.25) is 0 Å². The fraction of sp³-hybridized carbons (Fsp3) is 0.278. The van der Waals surface area contributed by atoms with Crippen LogP contribution in [0, 0.1) is 11.6 Å². The largest absolute Gasteiger partial charge is 0.497 e. The van der Waals surface area contributed by atoms with Gasteiger partial charge in [0.05, 0.1) is 7.11 Å². The number of halogens is 2. The number of methoxy groups -OCH3 is 1. The molecule has 2 aromatic rings. The Balaban J connectivity index is 1.58. The van der Waals surface area contributed by atoms with Crippen LogP contribution in [0.5, 0.6) is 5.75 Å². The van der Waals surface area contributed by atoms with Gasteiger partial charge >= 0.3 is 0 Å². The Morgan fingerprint density at radius 3 is 2.36 bits per heavy atom. The molecular formula is C18H19F2N3OS. The number of hydrogen-bond acceptors (Lipinski definition) is 3. The number of nitrogens with one attached hydrogen (secondary N) is 1. The third kappa shape index (κ3) is 4.36. The molecule has 7 heteroatoms. The Hall–Kier alpha value is -2.41. The lowest BCUT2D eigenvalue weighted by Gasteiger charge is -2.37. The van der Waals surface area contributed by atoms with E-state index < -0.39 is 11.6 Å². The predicted octanol–water partition coefficient (Wildman–Crippen LogP) is 3.49. The molecule has 4 nitrogen and oxygen atoms in total. The van der Waals surface area contributed by atoms with Crippen molar-refractivity contribution in [1.29, 1.82) is 0 Å². The van der Waals surface area contributed by atoms with E-state index in [1.807, 2.05) is 29.2 Å². The molecule has 0 radical (unpaired) electrons. The molecule has 2 aromatic carbocycles. The van der Waals surface area contributed by atoms with Gasteiger partial charge in [-0.05, 0) is 36.5 Å². The molecule has 1 aliphatic heterocycles. The maximum Gasteiger partial charge on any atom is 0.173 e. The summed E-state index contributed by atoms with van der Waals surface area (Å²) in [7, 11) is 1.65. The molecular weight excluding hydrogens is 344 g/mol. The number of rotatable bonds is 3. The molecule has 1 N–H and O–H groups in total. The third-order valence-corrected chi connectivity index (χ3v) is 4.46. The molecule has 0 amide bonds. The summed E-state index contributed by atoms with van der Waals surface area (Å²) in [4.78, 5) is 4.25. The second kappa shape index (κ2) is 7.65. The number of hydrogen-bond donors (Lipinski definition) is 1. The first-order valence-corrected chi connectivity index (χ1v) is 8.37. The van der Waals surface area contributed by atoms with Gasteiger partial charge in [-0.3, -0.25) is 0 Å². The lowest BCUT2D eigenvalue weighted by Crippen LogP contribution is -2.50. The van der Waals surface area contributed by atoms with Crippen molar-refractivity contribution in [3.05, 3.63) is 54.1 Å². The Morgan fingerprint density at radius 1 is 1.04 bits per heavy atom.